The standard InChI is InChI=1S/C21H25ClN4O3/c1-2-26-18-9-12-25(19(27)14-29-16-7-5-15(22)6-8-16)13-17(18)20(23-26)21(28)24-10-3-4-11-24/h5-8H,2-4,9-14H2,1H3. The molecule has 2 aromatic rings. The lowest BCUT2D eigenvalue weighted by atomic mass is 10.0. The SMILES string of the molecule is CCn1nc(C(=O)N2CCCC2)c2c1CCN(C(=O)COc1ccc(Cl)cc1)C2. The first-order valence-electron chi connectivity index (χ1n) is 10.1. The minimum atomic E-state index is -0.102. The second-order valence-corrected chi connectivity index (χ2v) is 7.83. The Labute approximate surface area is 175 Å². The summed E-state index contributed by atoms with van der Waals surface area (Å²) in [5, 5.41) is 5.21. The van der Waals surface area contributed by atoms with Gasteiger partial charge in [0.25, 0.3) is 11.8 Å². The van der Waals surface area contributed by atoms with Crippen molar-refractivity contribution in [3.63, 3.8) is 0 Å². The van der Waals surface area contributed by atoms with Crippen LogP contribution in [0.1, 0.15) is 41.5 Å². The molecule has 0 radical (unpaired) electrons. The Morgan fingerprint density at radius 2 is 1.83 bits per heavy atom. The third-order valence-electron chi connectivity index (χ3n) is 5.56. The molecule has 8 heteroatoms. The molecule has 1 fully saturated rings. The van der Waals surface area contributed by atoms with Gasteiger partial charge in [0.2, 0.25) is 0 Å². The number of fused-ring (bicyclic) bond motifs is 1. The third-order valence-corrected chi connectivity index (χ3v) is 5.81. The zero-order chi connectivity index (χ0) is 20.4. The predicted molar refractivity (Wildman–Crippen MR) is 109 cm³/mol. The van der Waals surface area contributed by atoms with Gasteiger partial charge in [-0.3, -0.25) is 14.3 Å². The highest BCUT2D eigenvalue weighted by Gasteiger charge is 2.32. The Balaban J connectivity index is 1.47. The Hall–Kier alpha value is -2.54. The topological polar surface area (TPSA) is 67.7 Å². The van der Waals surface area contributed by atoms with E-state index in [9.17, 15) is 9.59 Å². The van der Waals surface area contributed by atoms with Crippen molar-refractivity contribution in [1.82, 2.24) is 19.6 Å². The molecule has 3 heterocycles. The maximum Gasteiger partial charge on any atom is 0.274 e. The van der Waals surface area contributed by atoms with Crippen molar-refractivity contribution in [1.29, 1.82) is 0 Å². The van der Waals surface area contributed by atoms with Crippen molar-refractivity contribution in [3.05, 3.63) is 46.2 Å². The van der Waals surface area contributed by atoms with E-state index in [1.54, 1.807) is 29.2 Å². The second kappa shape index (κ2) is 8.45. The third kappa shape index (κ3) is 4.10. The van der Waals surface area contributed by atoms with Crippen LogP contribution in [0.15, 0.2) is 24.3 Å². The lowest BCUT2D eigenvalue weighted by Gasteiger charge is -2.28. The van der Waals surface area contributed by atoms with Gasteiger partial charge in [0.1, 0.15) is 5.75 Å². The van der Waals surface area contributed by atoms with E-state index in [2.05, 4.69) is 5.10 Å². The normalized spacial score (nSPS) is 16.1. The number of benzene rings is 1. The van der Waals surface area contributed by atoms with E-state index in [0.717, 1.165) is 37.2 Å². The van der Waals surface area contributed by atoms with Crippen LogP contribution >= 0.6 is 11.6 Å². The van der Waals surface area contributed by atoms with Crippen LogP contribution in [-0.4, -0.2) is 57.6 Å². The molecule has 0 bridgehead atoms. The van der Waals surface area contributed by atoms with Crippen molar-refractivity contribution in [2.45, 2.75) is 39.3 Å². The second-order valence-electron chi connectivity index (χ2n) is 7.40. The summed E-state index contributed by atoms with van der Waals surface area (Å²) in [5.74, 6) is 0.483. The lowest BCUT2D eigenvalue weighted by molar-refractivity contribution is -0.134. The smallest absolute Gasteiger partial charge is 0.274 e. The number of hydrogen-bond donors (Lipinski definition) is 0. The Morgan fingerprint density at radius 1 is 1.10 bits per heavy atom. The highest BCUT2D eigenvalue weighted by atomic mass is 35.5. The van der Waals surface area contributed by atoms with Crippen molar-refractivity contribution in [2.75, 3.05) is 26.2 Å². The van der Waals surface area contributed by atoms with E-state index < -0.39 is 0 Å². The molecule has 0 aliphatic carbocycles. The van der Waals surface area contributed by atoms with Gasteiger partial charge in [0.05, 0.1) is 0 Å². The maximum absolute atomic E-state index is 13.0. The number of halogens is 1. The van der Waals surface area contributed by atoms with E-state index in [0.29, 0.717) is 42.5 Å². The van der Waals surface area contributed by atoms with Gasteiger partial charge in [-0.1, -0.05) is 11.6 Å². The molecule has 0 spiro atoms. The fourth-order valence-corrected chi connectivity index (χ4v) is 4.10. The predicted octanol–water partition coefficient (Wildman–Crippen LogP) is 2.76. The van der Waals surface area contributed by atoms with Gasteiger partial charge in [-0.05, 0) is 44.0 Å². The largest absolute Gasteiger partial charge is 0.484 e. The average Bonchev–Trinajstić information content (AvgIpc) is 3.40. The number of carbonyl (C=O) groups is 2. The zero-order valence-electron chi connectivity index (χ0n) is 16.6. The van der Waals surface area contributed by atoms with Crippen molar-refractivity contribution in [3.8, 4) is 5.75 Å². The fraction of sp³-hybridized carbons (Fsp3) is 0.476. The van der Waals surface area contributed by atoms with E-state index in [1.165, 1.54) is 0 Å². The number of likely N-dealkylation sites (tertiary alicyclic amines) is 1. The van der Waals surface area contributed by atoms with Crippen LogP contribution in [0.3, 0.4) is 0 Å². The van der Waals surface area contributed by atoms with E-state index in [-0.39, 0.29) is 18.4 Å². The van der Waals surface area contributed by atoms with Crippen LogP contribution in [0.4, 0.5) is 0 Å². The minimum absolute atomic E-state index is 0.0161. The molecule has 154 valence electrons. The summed E-state index contributed by atoms with van der Waals surface area (Å²) >= 11 is 5.88. The quantitative estimate of drug-likeness (QED) is 0.751. The number of carbonyl (C=O) groups excluding carboxylic acids is 2. The molecule has 0 atom stereocenters. The number of ether oxygens (including phenoxy) is 1. The van der Waals surface area contributed by atoms with Crippen molar-refractivity contribution >= 4 is 23.4 Å². The number of nitrogens with zero attached hydrogens (tertiary/aromatic N) is 4. The molecule has 0 N–H and O–H groups in total. The van der Waals surface area contributed by atoms with Crippen LogP contribution in [-0.2, 0) is 24.3 Å². The van der Waals surface area contributed by atoms with Crippen LogP contribution in [0.5, 0.6) is 5.75 Å². The van der Waals surface area contributed by atoms with Gasteiger partial charge in [0, 0.05) is 55.4 Å². The average molecular weight is 417 g/mol. The highest BCUT2D eigenvalue weighted by molar-refractivity contribution is 6.30. The fourth-order valence-electron chi connectivity index (χ4n) is 3.97. The summed E-state index contributed by atoms with van der Waals surface area (Å²) in [6.07, 6.45) is 2.76. The molecular formula is C21H25ClN4O3. The van der Waals surface area contributed by atoms with Gasteiger partial charge in [-0.25, -0.2) is 0 Å². The molecule has 1 aromatic carbocycles. The van der Waals surface area contributed by atoms with Crippen LogP contribution in [0, 0.1) is 0 Å². The Bertz CT molecular complexity index is 903. The maximum atomic E-state index is 13.0. The minimum Gasteiger partial charge on any atom is -0.484 e. The first-order chi connectivity index (χ1) is 14.1. The molecule has 1 aromatic heterocycles. The molecule has 0 saturated carbocycles. The molecule has 1 saturated heterocycles. The van der Waals surface area contributed by atoms with Crippen LogP contribution in [0.2, 0.25) is 5.02 Å². The summed E-state index contributed by atoms with van der Waals surface area (Å²) in [5.41, 5.74) is 2.45. The molecule has 2 aliphatic heterocycles. The molecular weight excluding hydrogens is 392 g/mol. The Morgan fingerprint density at radius 3 is 2.52 bits per heavy atom. The molecule has 4 rings (SSSR count). The van der Waals surface area contributed by atoms with Gasteiger partial charge < -0.3 is 14.5 Å². The number of rotatable bonds is 5. The van der Waals surface area contributed by atoms with Gasteiger partial charge in [0.15, 0.2) is 12.3 Å². The van der Waals surface area contributed by atoms with Gasteiger partial charge in [-0.15, -0.1) is 0 Å². The van der Waals surface area contributed by atoms with Crippen LogP contribution in [0.25, 0.3) is 0 Å². The summed E-state index contributed by atoms with van der Waals surface area (Å²) in [6, 6.07) is 6.93. The monoisotopic (exact) mass is 416 g/mol. The number of amides is 2. The van der Waals surface area contributed by atoms with Gasteiger partial charge >= 0.3 is 0 Å². The lowest BCUT2D eigenvalue weighted by Crippen LogP contribution is -2.40. The van der Waals surface area contributed by atoms with E-state index in [1.807, 2.05) is 16.5 Å². The molecule has 29 heavy (non-hydrogen) atoms. The summed E-state index contributed by atoms with van der Waals surface area (Å²) in [4.78, 5) is 29.3. The van der Waals surface area contributed by atoms with E-state index >= 15 is 0 Å². The summed E-state index contributed by atoms with van der Waals surface area (Å²) in [7, 11) is 0. The summed E-state index contributed by atoms with van der Waals surface area (Å²) in [6.45, 7) is 5.24. The zero-order valence-corrected chi connectivity index (χ0v) is 17.3. The first-order valence-corrected chi connectivity index (χ1v) is 10.5. The number of aryl methyl sites for hydroxylation is 1. The van der Waals surface area contributed by atoms with Gasteiger partial charge in [-0.2, -0.15) is 5.10 Å². The summed E-state index contributed by atoms with van der Waals surface area (Å²) < 4.78 is 7.51. The highest BCUT2D eigenvalue weighted by Crippen LogP contribution is 2.25. The Kier molecular flexibility index (Phi) is 5.76. The molecule has 0 unspecified atom stereocenters. The molecule has 2 aliphatic rings. The molecule has 7 nitrogen and oxygen atoms in total. The van der Waals surface area contributed by atoms with E-state index in [4.69, 9.17) is 16.3 Å². The van der Waals surface area contributed by atoms with Crippen molar-refractivity contribution in [2.24, 2.45) is 0 Å². The molecule has 2 amide bonds. The van der Waals surface area contributed by atoms with Crippen LogP contribution < -0.4 is 4.74 Å². The first kappa shape index (κ1) is 19.8. The number of hydrogen-bond acceptors (Lipinski definition) is 4. The van der Waals surface area contributed by atoms with Crippen molar-refractivity contribution < 1.29 is 14.3 Å². The number of aromatic nitrogens is 2.